The summed E-state index contributed by atoms with van der Waals surface area (Å²) in [6.45, 7) is 9.40. The molecular formula is C27H23N. The van der Waals surface area contributed by atoms with Crippen LogP contribution in [0.1, 0.15) is 49.9 Å². The van der Waals surface area contributed by atoms with Crippen molar-refractivity contribution < 1.29 is 0 Å². The number of aromatic nitrogens is 1. The van der Waals surface area contributed by atoms with E-state index in [0.717, 1.165) is 0 Å². The Balaban J connectivity index is 1.87. The Morgan fingerprint density at radius 1 is 0.643 bits per heavy atom. The van der Waals surface area contributed by atoms with Gasteiger partial charge < -0.3 is 0 Å². The maximum absolute atomic E-state index is 4.49. The molecule has 0 amide bonds. The predicted molar refractivity (Wildman–Crippen MR) is 117 cm³/mol. The molecule has 2 aliphatic carbocycles. The Bertz CT molecular complexity index is 1310. The summed E-state index contributed by atoms with van der Waals surface area (Å²) in [5.41, 5.74) is 11.1. The lowest BCUT2D eigenvalue weighted by Crippen LogP contribution is -2.24. The zero-order valence-corrected chi connectivity index (χ0v) is 16.8. The summed E-state index contributed by atoms with van der Waals surface area (Å²) in [7, 11) is 0. The molecule has 0 saturated heterocycles. The van der Waals surface area contributed by atoms with Crippen molar-refractivity contribution in [2.24, 2.45) is 0 Å². The molecule has 0 fully saturated rings. The van der Waals surface area contributed by atoms with Gasteiger partial charge in [-0.3, -0.25) is 4.98 Å². The van der Waals surface area contributed by atoms with E-state index in [-0.39, 0.29) is 10.8 Å². The zero-order chi connectivity index (χ0) is 19.3. The molecule has 1 heterocycles. The molecule has 136 valence electrons. The standard InChI is InChI=1S/C27H23N/c1-26(2)21-12-13-28-15-19(21)18-14-23-24(17-9-7-11-22(26)25(17)18)16-8-5-6-10-20(16)27(23,3)4/h5-15H,1-4H3. The Kier molecular flexibility index (Phi) is 2.82. The average molecular weight is 361 g/mol. The van der Waals surface area contributed by atoms with Crippen molar-refractivity contribution in [3.05, 3.63) is 89.2 Å². The number of hydrogen-bond acceptors (Lipinski definition) is 1. The molecule has 4 aromatic rings. The highest BCUT2D eigenvalue weighted by Gasteiger charge is 2.40. The van der Waals surface area contributed by atoms with Crippen molar-refractivity contribution in [3.8, 4) is 22.3 Å². The third-order valence-electron chi connectivity index (χ3n) is 7.16. The Morgan fingerprint density at radius 2 is 1.36 bits per heavy atom. The number of fused-ring (bicyclic) bond motifs is 6. The van der Waals surface area contributed by atoms with E-state index < -0.39 is 0 Å². The molecule has 6 rings (SSSR count). The maximum atomic E-state index is 4.49. The Hall–Kier alpha value is -2.93. The van der Waals surface area contributed by atoms with Gasteiger partial charge in [0.2, 0.25) is 0 Å². The van der Waals surface area contributed by atoms with Crippen LogP contribution in [0, 0.1) is 0 Å². The van der Waals surface area contributed by atoms with Gasteiger partial charge in [0, 0.05) is 28.8 Å². The van der Waals surface area contributed by atoms with Crippen LogP contribution in [0.15, 0.2) is 67.0 Å². The van der Waals surface area contributed by atoms with Crippen molar-refractivity contribution in [2.75, 3.05) is 0 Å². The van der Waals surface area contributed by atoms with Crippen LogP contribution in [-0.4, -0.2) is 4.98 Å². The molecule has 0 spiro atoms. The van der Waals surface area contributed by atoms with Crippen LogP contribution >= 0.6 is 0 Å². The van der Waals surface area contributed by atoms with E-state index in [1.165, 1.54) is 55.3 Å². The highest BCUT2D eigenvalue weighted by molar-refractivity contribution is 6.12. The van der Waals surface area contributed by atoms with Gasteiger partial charge in [-0.05, 0) is 61.8 Å². The number of rotatable bonds is 0. The van der Waals surface area contributed by atoms with Crippen molar-refractivity contribution in [1.82, 2.24) is 4.98 Å². The van der Waals surface area contributed by atoms with E-state index in [9.17, 15) is 0 Å². The second-order valence-electron chi connectivity index (χ2n) is 9.29. The summed E-state index contributed by atoms with van der Waals surface area (Å²) in [5, 5.41) is 2.78. The highest BCUT2D eigenvalue weighted by Crippen LogP contribution is 2.56. The van der Waals surface area contributed by atoms with E-state index in [1.54, 1.807) is 0 Å². The summed E-state index contributed by atoms with van der Waals surface area (Å²) in [5.74, 6) is 0. The number of pyridine rings is 1. The predicted octanol–water partition coefficient (Wildman–Crippen LogP) is 6.85. The molecule has 0 bridgehead atoms. The van der Waals surface area contributed by atoms with Crippen LogP contribution in [0.2, 0.25) is 0 Å². The summed E-state index contributed by atoms with van der Waals surface area (Å²) in [4.78, 5) is 4.49. The molecule has 1 nitrogen and oxygen atoms in total. The first kappa shape index (κ1) is 16.1. The molecule has 0 unspecified atom stereocenters. The van der Waals surface area contributed by atoms with Gasteiger partial charge in [-0.15, -0.1) is 0 Å². The number of nitrogens with zero attached hydrogens (tertiary/aromatic N) is 1. The minimum Gasteiger partial charge on any atom is -0.264 e. The smallest absolute Gasteiger partial charge is 0.0349 e. The van der Waals surface area contributed by atoms with Gasteiger partial charge in [0.25, 0.3) is 0 Å². The second-order valence-corrected chi connectivity index (χ2v) is 9.29. The van der Waals surface area contributed by atoms with E-state index in [4.69, 9.17) is 0 Å². The maximum Gasteiger partial charge on any atom is 0.0349 e. The molecule has 3 aromatic carbocycles. The normalized spacial score (nSPS) is 17.1. The third kappa shape index (κ3) is 1.71. The van der Waals surface area contributed by atoms with Crippen molar-refractivity contribution >= 4 is 10.8 Å². The Morgan fingerprint density at radius 3 is 2.21 bits per heavy atom. The quantitative estimate of drug-likeness (QED) is 0.334. The summed E-state index contributed by atoms with van der Waals surface area (Å²) < 4.78 is 0. The fraction of sp³-hybridized carbons (Fsp3) is 0.222. The molecule has 0 N–H and O–H groups in total. The first-order valence-electron chi connectivity index (χ1n) is 10.1. The first-order chi connectivity index (χ1) is 13.4. The molecule has 1 aromatic heterocycles. The molecule has 28 heavy (non-hydrogen) atoms. The van der Waals surface area contributed by atoms with Crippen LogP contribution < -0.4 is 0 Å². The van der Waals surface area contributed by atoms with Gasteiger partial charge in [0.15, 0.2) is 0 Å². The lowest BCUT2D eigenvalue weighted by molar-refractivity contribution is 0.642. The largest absolute Gasteiger partial charge is 0.264 e. The van der Waals surface area contributed by atoms with E-state index >= 15 is 0 Å². The average Bonchev–Trinajstić information content (AvgIpc) is 2.94. The lowest BCUT2D eigenvalue weighted by atomic mass is 9.68. The lowest BCUT2D eigenvalue weighted by Gasteiger charge is -2.35. The topological polar surface area (TPSA) is 12.9 Å². The van der Waals surface area contributed by atoms with Gasteiger partial charge in [0.1, 0.15) is 0 Å². The molecular weight excluding hydrogens is 338 g/mol. The molecule has 2 aliphatic rings. The van der Waals surface area contributed by atoms with Gasteiger partial charge in [-0.1, -0.05) is 70.2 Å². The fourth-order valence-electron chi connectivity index (χ4n) is 5.69. The molecule has 1 heteroatoms. The third-order valence-corrected chi connectivity index (χ3v) is 7.16. The van der Waals surface area contributed by atoms with E-state index in [0.29, 0.717) is 0 Å². The van der Waals surface area contributed by atoms with Crippen LogP contribution in [0.4, 0.5) is 0 Å². The number of benzene rings is 3. The van der Waals surface area contributed by atoms with Crippen LogP contribution in [-0.2, 0) is 10.8 Å². The number of hydrogen-bond donors (Lipinski definition) is 0. The van der Waals surface area contributed by atoms with Crippen molar-refractivity contribution in [3.63, 3.8) is 0 Å². The molecule has 0 atom stereocenters. The fourth-order valence-corrected chi connectivity index (χ4v) is 5.69. The first-order valence-corrected chi connectivity index (χ1v) is 10.1. The van der Waals surface area contributed by atoms with Gasteiger partial charge in [0.05, 0.1) is 0 Å². The summed E-state index contributed by atoms with van der Waals surface area (Å²) in [6.07, 6.45) is 3.99. The molecule has 0 radical (unpaired) electrons. The minimum absolute atomic E-state index is 0.00194. The Labute approximate surface area is 166 Å². The molecule has 0 saturated carbocycles. The van der Waals surface area contributed by atoms with Crippen LogP contribution in [0.5, 0.6) is 0 Å². The zero-order valence-electron chi connectivity index (χ0n) is 16.8. The van der Waals surface area contributed by atoms with Crippen LogP contribution in [0.25, 0.3) is 33.0 Å². The van der Waals surface area contributed by atoms with E-state index in [2.05, 4.69) is 93.5 Å². The van der Waals surface area contributed by atoms with E-state index in [1.807, 2.05) is 6.20 Å². The van der Waals surface area contributed by atoms with Gasteiger partial charge >= 0.3 is 0 Å². The van der Waals surface area contributed by atoms with Crippen molar-refractivity contribution in [1.29, 1.82) is 0 Å². The molecule has 0 aliphatic heterocycles. The van der Waals surface area contributed by atoms with Gasteiger partial charge in [-0.25, -0.2) is 0 Å². The minimum atomic E-state index is -0.0351. The summed E-state index contributed by atoms with van der Waals surface area (Å²) >= 11 is 0. The second kappa shape index (κ2) is 4.91. The SMILES string of the molecule is CC1(C)c2ccccc2-c2c1cc1c3c(cccc23)C(C)(C)c2ccncc2-1. The summed E-state index contributed by atoms with van der Waals surface area (Å²) in [6, 6.07) is 20.4. The van der Waals surface area contributed by atoms with Gasteiger partial charge in [-0.2, -0.15) is 0 Å². The van der Waals surface area contributed by atoms with Crippen molar-refractivity contribution in [2.45, 2.75) is 38.5 Å². The van der Waals surface area contributed by atoms with Crippen LogP contribution in [0.3, 0.4) is 0 Å². The monoisotopic (exact) mass is 361 g/mol. The highest BCUT2D eigenvalue weighted by atomic mass is 14.6.